The molecule has 0 fully saturated rings. The van der Waals surface area contributed by atoms with Gasteiger partial charge >= 0.3 is 0 Å². The molecule has 5 nitrogen and oxygen atoms in total. The van der Waals surface area contributed by atoms with E-state index in [4.69, 9.17) is 10.5 Å². The molecule has 0 bridgehead atoms. The first-order valence-electron chi connectivity index (χ1n) is 9.36. The Morgan fingerprint density at radius 3 is 2.59 bits per heavy atom. The van der Waals surface area contributed by atoms with Crippen molar-refractivity contribution >= 4 is 10.0 Å². The first kappa shape index (κ1) is 19.9. The quantitative estimate of drug-likeness (QED) is 0.764. The molecular weight excluding hydrogens is 360 g/mol. The predicted octanol–water partition coefficient (Wildman–Crippen LogP) is 2.81. The van der Waals surface area contributed by atoms with E-state index in [1.165, 1.54) is 5.56 Å². The first-order valence-corrected chi connectivity index (χ1v) is 11.0. The van der Waals surface area contributed by atoms with Crippen LogP contribution in [0.2, 0.25) is 0 Å². The van der Waals surface area contributed by atoms with Crippen LogP contribution in [0.25, 0.3) is 0 Å². The van der Waals surface area contributed by atoms with Gasteiger partial charge in [0.1, 0.15) is 12.4 Å². The minimum absolute atomic E-state index is 0.0904. The highest BCUT2D eigenvalue weighted by Crippen LogP contribution is 2.36. The van der Waals surface area contributed by atoms with Crippen molar-refractivity contribution in [2.24, 2.45) is 11.7 Å². The van der Waals surface area contributed by atoms with Crippen molar-refractivity contribution in [1.82, 2.24) is 4.72 Å². The Morgan fingerprint density at radius 2 is 1.89 bits per heavy atom. The van der Waals surface area contributed by atoms with E-state index < -0.39 is 10.0 Å². The topological polar surface area (TPSA) is 81.4 Å². The summed E-state index contributed by atoms with van der Waals surface area (Å²) < 4.78 is 32.7. The highest BCUT2D eigenvalue weighted by molar-refractivity contribution is 7.89. The maximum absolute atomic E-state index is 12.1. The van der Waals surface area contributed by atoms with Crippen LogP contribution in [0.5, 0.6) is 5.75 Å². The van der Waals surface area contributed by atoms with Gasteiger partial charge in [-0.25, -0.2) is 13.1 Å². The van der Waals surface area contributed by atoms with Crippen LogP contribution in [0.3, 0.4) is 0 Å². The highest BCUT2D eigenvalue weighted by atomic mass is 32.2. The van der Waals surface area contributed by atoms with Gasteiger partial charge in [0, 0.05) is 18.5 Å². The summed E-state index contributed by atoms with van der Waals surface area (Å²) in [4.78, 5) is 0. The number of ether oxygens (including phenoxy) is 1. The van der Waals surface area contributed by atoms with Crippen molar-refractivity contribution in [3.63, 3.8) is 0 Å². The van der Waals surface area contributed by atoms with Gasteiger partial charge in [-0.15, -0.1) is 0 Å². The minimum Gasteiger partial charge on any atom is -0.492 e. The van der Waals surface area contributed by atoms with Crippen LogP contribution < -0.4 is 15.2 Å². The van der Waals surface area contributed by atoms with Gasteiger partial charge in [0.25, 0.3) is 0 Å². The van der Waals surface area contributed by atoms with Gasteiger partial charge in [0.2, 0.25) is 10.0 Å². The second kappa shape index (κ2) is 8.42. The number of nitrogens with one attached hydrogen (secondary N) is 1. The fourth-order valence-corrected chi connectivity index (χ4v) is 4.86. The van der Waals surface area contributed by atoms with Crippen LogP contribution in [0.15, 0.2) is 48.5 Å². The lowest BCUT2D eigenvalue weighted by molar-refractivity contribution is 0.238. The number of nitrogens with two attached hydrogens (primary N) is 1. The summed E-state index contributed by atoms with van der Waals surface area (Å²) in [5, 5.41) is 0. The Morgan fingerprint density at radius 1 is 1.15 bits per heavy atom. The van der Waals surface area contributed by atoms with Crippen LogP contribution in [-0.2, 0) is 23.0 Å². The van der Waals surface area contributed by atoms with Crippen molar-refractivity contribution < 1.29 is 13.2 Å². The van der Waals surface area contributed by atoms with E-state index >= 15 is 0 Å². The molecule has 0 saturated heterocycles. The molecule has 0 amide bonds. The molecule has 2 unspecified atom stereocenters. The zero-order valence-corrected chi connectivity index (χ0v) is 16.7. The molecule has 0 aliphatic carbocycles. The summed E-state index contributed by atoms with van der Waals surface area (Å²) in [6, 6.07) is 16.0. The molecule has 3 rings (SSSR count). The molecule has 0 spiro atoms. The van der Waals surface area contributed by atoms with Crippen LogP contribution in [0, 0.1) is 5.92 Å². The van der Waals surface area contributed by atoms with Crippen LogP contribution >= 0.6 is 0 Å². The molecule has 2 atom stereocenters. The lowest BCUT2D eigenvalue weighted by Gasteiger charge is -2.32. The molecule has 2 aromatic carbocycles. The van der Waals surface area contributed by atoms with Crippen molar-refractivity contribution in [3.8, 4) is 5.75 Å². The van der Waals surface area contributed by atoms with E-state index in [0.717, 1.165) is 23.3 Å². The average Bonchev–Trinajstić information content (AvgIpc) is 2.62. The van der Waals surface area contributed by atoms with Gasteiger partial charge in [-0.2, -0.15) is 0 Å². The molecule has 3 N–H and O–H groups in total. The largest absolute Gasteiger partial charge is 0.492 e. The molecule has 0 radical (unpaired) electrons. The summed E-state index contributed by atoms with van der Waals surface area (Å²) in [6.45, 7) is 4.55. The van der Waals surface area contributed by atoms with E-state index in [9.17, 15) is 8.42 Å². The van der Waals surface area contributed by atoms with Crippen LogP contribution in [0.1, 0.15) is 36.5 Å². The number of hydrogen-bond donors (Lipinski definition) is 2. The lowest BCUT2D eigenvalue weighted by atomic mass is 9.84. The van der Waals surface area contributed by atoms with E-state index in [2.05, 4.69) is 16.9 Å². The van der Waals surface area contributed by atoms with Gasteiger partial charge < -0.3 is 10.5 Å². The SMILES string of the molecule is CC(C)CS(=O)(=O)NCc1ccc2c(c1)C(Cc1ccccc1)C(N)CO2. The number of fused-ring (bicyclic) bond motifs is 1. The Kier molecular flexibility index (Phi) is 6.19. The lowest BCUT2D eigenvalue weighted by Crippen LogP contribution is -2.39. The van der Waals surface area contributed by atoms with Crippen LogP contribution in [-0.4, -0.2) is 26.8 Å². The summed E-state index contributed by atoms with van der Waals surface area (Å²) in [5.74, 6) is 1.20. The zero-order valence-electron chi connectivity index (χ0n) is 15.9. The van der Waals surface area contributed by atoms with Gasteiger partial charge in [0.15, 0.2) is 0 Å². The van der Waals surface area contributed by atoms with Crippen molar-refractivity contribution in [2.45, 2.75) is 38.8 Å². The molecule has 0 saturated carbocycles. The first-order chi connectivity index (χ1) is 12.8. The molecule has 1 heterocycles. The van der Waals surface area contributed by atoms with E-state index in [-0.39, 0.29) is 30.2 Å². The molecule has 1 aliphatic rings. The maximum Gasteiger partial charge on any atom is 0.212 e. The number of benzene rings is 2. The monoisotopic (exact) mass is 388 g/mol. The number of rotatable bonds is 7. The Labute approximate surface area is 162 Å². The summed E-state index contributed by atoms with van der Waals surface area (Å²) in [5.41, 5.74) is 9.55. The standard InChI is InChI=1S/C21H28N2O3S/c1-15(2)14-27(24,25)23-12-17-8-9-21-19(11-17)18(20(22)13-26-21)10-16-6-4-3-5-7-16/h3-9,11,15,18,20,23H,10,12-14,22H2,1-2H3. The summed E-state index contributed by atoms with van der Waals surface area (Å²) >= 11 is 0. The van der Waals surface area contributed by atoms with Crippen LogP contribution in [0.4, 0.5) is 0 Å². The second-order valence-corrected chi connectivity index (χ2v) is 9.49. The molecule has 6 heteroatoms. The van der Waals surface area contributed by atoms with Gasteiger partial charge in [-0.3, -0.25) is 0 Å². The normalized spacial score (nSPS) is 19.6. The molecule has 146 valence electrons. The maximum atomic E-state index is 12.1. The third-order valence-corrected chi connectivity index (χ3v) is 6.46. The number of hydrogen-bond acceptors (Lipinski definition) is 4. The van der Waals surface area contributed by atoms with Gasteiger partial charge in [-0.1, -0.05) is 56.3 Å². The Bertz CT molecular complexity index is 866. The number of sulfonamides is 1. The van der Waals surface area contributed by atoms with Gasteiger partial charge in [-0.05, 0) is 35.1 Å². The van der Waals surface area contributed by atoms with E-state index in [1.54, 1.807) is 0 Å². The molecule has 27 heavy (non-hydrogen) atoms. The van der Waals surface area contributed by atoms with E-state index in [0.29, 0.717) is 6.61 Å². The van der Waals surface area contributed by atoms with E-state index in [1.807, 2.05) is 50.2 Å². The smallest absolute Gasteiger partial charge is 0.212 e. The van der Waals surface area contributed by atoms with Crippen molar-refractivity contribution in [2.75, 3.05) is 12.4 Å². The second-order valence-electron chi connectivity index (χ2n) is 7.64. The minimum atomic E-state index is -3.28. The molecule has 0 aromatic heterocycles. The predicted molar refractivity (Wildman–Crippen MR) is 108 cm³/mol. The average molecular weight is 389 g/mol. The third-order valence-electron chi connectivity index (χ3n) is 4.77. The fourth-order valence-electron chi connectivity index (χ4n) is 3.48. The zero-order chi connectivity index (χ0) is 19.4. The Hall–Kier alpha value is -1.89. The molecular formula is C21H28N2O3S. The molecule has 2 aromatic rings. The fraction of sp³-hybridized carbons (Fsp3) is 0.429. The summed E-state index contributed by atoms with van der Waals surface area (Å²) in [7, 11) is -3.28. The third kappa shape index (κ3) is 5.31. The highest BCUT2D eigenvalue weighted by Gasteiger charge is 2.29. The molecule has 1 aliphatic heterocycles. The van der Waals surface area contributed by atoms with Crippen molar-refractivity contribution in [3.05, 3.63) is 65.2 Å². The Balaban J connectivity index is 1.79. The van der Waals surface area contributed by atoms with Gasteiger partial charge in [0.05, 0.1) is 5.75 Å². The summed E-state index contributed by atoms with van der Waals surface area (Å²) in [6.07, 6.45) is 0.834. The van der Waals surface area contributed by atoms with Crippen molar-refractivity contribution in [1.29, 1.82) is 0 Å².